The van der Waals surface area contributed by atoms with E-state index < -0.39 is 0 Å². The molecule has 4 heteroatoms. The van der Waals surface area contributed by atoms with Crippen LogP contribution >= 0.6 is 0 Å². The van der Waals surface area contributed by atoms with Gasteiger partial charge < -0.3 is 10.6 Å². The Hall–Kier alpha value is -0.870. The van der Waals surface area contributed by atoms with E-state index in [1.807, 2.05) is 13.8 Å². The molecule has 0 aromatic rings. The van der Waals surface area contributed by atoms with Crippen molar-refractivity contribution in [3.63, 3.8) is 0 Å². The molecule has 0 radical (unpaired) electrons. The number of carbonyl (C=O) groups is 1. The molecule has 1 aliphatic rings. The molecule has 0 aromatic carbocycles. The Morgan fingerprint density at radius 3 is 2.60 bits per heavy atom. The number of hydrogen-bond donors (Lipinski definition) is 2. The van der Waals surface area contributed by atoms with Crippen molar-refractivity contribution in [1.29, 1.82) is 0 Å². The molecular formula is C11H21N3O. The van der Waals surface area contributed by atoms with Gasteiger partial charge in [0.1, 0.15) is 0 Å². The van der Waals surface area contributed by atoms with Gasteiger partial charge in [-0.1, -0.05) is 6.08 Å². The van der Waals surface area contributed by atoms with Gasteiger partial charge in [0.25, 0.3) is 0 Å². The number of rotatable bonds is 4. The lowest BCUT2D eigenvalue weighted by Crippen LogP contribution is -2.53. The van der Waals surface area contributed by atoms with Crippen molar-refractivity contribution < 1.29 is 4.79 Å². The van der Waals surface area contributed by atoms with Gasteiger partial charge >= 0.3 is 0 Å². The number of nitrogens with zero attached hydrogens (tertiary/aromatic N) is 1. The third kappa shape index (κ3) is 3.64. The lowest BCUT2D eigenvalue weighted by molar-refractivity contribution is -0.126. The van der Waals surface area contributed by atoms with Gasteiger partial charge in [-0.15, -0.1) is 6.58 Å². The summed E-state index contributed by atoms with van der Waals surface area (Å²) in [6.45, 7) is 11.3. The summed E-state index contributed by atoms with van der Waals surface area (Å²) in [7, 11) is 0. The fourth-order valence-corrected chi connectivity index (χ4v) is 1.64. The highest BCUT2D eigenvalue weighted by Crippen LogP contribution is 2.01. The minimum atomic E-state index is -0.0468. The summed E-state index contributed by atoms with van der Waals surface area (Å²) in [6.07, 6.45) is 1.74. The van der Waals surface area contributed by atoms with E-state index in [2.05, 4.69) is 22.1 Å². The van der Waals surface area contributed by atoms with Crippen LogP contribution in [0.3, 0.4) is 0 Å². The van der Waals surface area contributed by atoms with Gasteiger partial charge in [0.2, 0.25) is 5.91 Å². The minimum Gasteiger partial charge on any atom is -0.349 e. The largest absolute Gasteiger partial charge is 0.349 e. The van der Waals surface area contributed by atoms with Crippen LogP contribution in [0.4, 0.5) is 0 Å². The summed E-state index contributed by atoms with van der Waals surface area (Å²) in [5.41, 5.74) is 0. The zero-order chi connectivity index (χ0) is 11.3. The Kier molecular flexibility index (Phi) is 4.78. The summed E-state index contributed by atoms with van der Waals surface area (Å²) in [6, 6.07) is -0.00244. The summed E-state index contributed by atoms with van der Waals surface area (Å²) in [4.78, 5) is 14.0. The van der Waals surface area contributed by atoms with E-state index in [1.165, 1.54) is 0 Å². The van der Waals surface area contributed by atoms with Crippen LogP contribution in [0.5, 0.6) is 0 Å². The maximum atomic E-state index is 11.8. The first kappa shape index (κ1) is 12.2. The standard InChI is InChI=1S/C11H21N3O/c1-4-9(2)13-11(15)10(3)14-7-5-12-6-8-14/h4,9-10,12H,1,5-8H2,2-3H3,(H,13,15). The second-order valence-corrected chi connectivity index (χ2v) is 3.99. The molecule has 1 heterocycles. The van der Waals surface area contributed by atoms with Gasteiger partial charge in [-0.3, -0.25) is 9.69 Å². The predicted molar refractivity (Wildman–Crippen MR) is 61.7 cm³/mol. The quantitative estimate of drug-likeness (QED) is 0.642. The van der Waals surface area contributed by atoms with Gasteiger partial charge in [-0.05, 0) is 13.8 Å². The summed E-state index contributed by atoms with van der Waals surface area (Å²) in [5.74, 6) is 0.0873. The van der Waals surface area contributed by atoms with E-state index >= 15 is 0 Å². The van der Waals surface area contributed by atoms with E-state index in [1.54, 1.807) is 6.08 Å². The maximum absolute atomic E-state index is 11.8. The normalized spacial score (nSPS) is 21.7. The molecule has 0 spiro atoms. The highest BCUT2D eigenvalue weighted by molar-refractivity contribution is 5.81. The first-order valence-corrected chi connectivity index (χ1v) is 5.53. The Morgan fingerprint density at radius 2 is 2.07 bits per heavy atom. The summed E-state index contributed by atoms with van der Waals surface area (Å²) < 4.78 is 0. The van der Waals surface area contributed by atoms with Crippen molar-refractivity contribution in [3.05, 3.63) is 12.7 Å². The predicted octanol–water partition coefficient (Wildman–Crippen LogP) is -0.0292. The molecule has 2 N–H and O–H groups in total. The topological polar surface area (TPSA) is 44.4 Å². The van der Waals surface area contributed by atoms with Crippen LogP contribution in [-0.4, -0.2) is 49.1 Å². The van der Waals surface area contributed by atoms with Gasteiger partial charge in [-0.25, -0.2) is 0 Å². The average Bonchev–Trinajstić information content (AvgIpc) is 2.29. The lowest BCUT2D eigenvalue weighted by atomic mass is 10.2. The Morgan fingerprint density at radius 1 is 1.47 bits per heavy atom. The van der Waals surface area contributed by atoms with Crippen molar-refractivity contribution in [2.24, 2.45) is 0 Å². The molecule has 1 rings (SSSR count). The molecule has 0 bridgehead atoms. The van der Waals surface area contributed by atoms with E-state index in [9.17, 15) is 4.79 Å². The number of hydrogen-bond acceptors (Lipinski definition) is 3. The fraction of sp³-hybridized carbons (Fsp3) is 0.727. The molecule has 1 aliphatic heterocycles. The Labute approximate surface area is 91.7 Å². The molecule has 4 nitrogen and oxygen atoms in total. The molecule has 1 saturated heterocycles. The maximum Gasteiger partial charge on any atom is 0.237 e. The first-order chi connectivity index (χ1) is 7.15. The Bertz CT molecular complexity index is 224. The highest BCUT2D eigenvalue weighted by atomic mass is 16.2. The van der Waals surface area contributed by atoms with Gasteiger partial charge in [0, 0.05) is 32.2 Å². The number of piperazine rings is 1. The molecule has 15 heavy (non-hydrogen) atoms. The SMILES string of the molecule is C=CC(C)NC(=O)C(C)N1CCNCC1. The van der Waals surface area contributed by atoms with Gasteiger partial charge in [-0.2, -0.15) is 0 Å². The third-order valence-electron chi connectivity index (χ3n) is 2.80. The van der Waals surface area contributed by atoms with Crippen molar-refractivity contribution in [1.82, 2.24) is 15.5 Å². The molecule has 1 fully saturated rings. The molecule has 86 valence electrons. The molecule has 0 aliphatic carbocycles. The van der Waals surface area contributed by atoms with Crippen molar-refractivity contribution >= 4 is 5.91 Å². The lowest BCUT2D eigenvalue weighted by Gasteiger charge is -2.32. The van der Waals surface area contributed by atoms with Gasteiger partial charge in [0.15, 0.2) is 0 Å². The molecule has 2 unspecified atom stereocenters. The van der Waals surface area contributed by atoms with E-state index in [4.69, 9.17) is 0 Å². The van der Waals surface area contributed by atoms with Crippen LogP contribution < -0.4 is 10.6 Å². The van der Waals surface area contributed by atoms with Crippen molar-refractivity contribution in [3.8, 4) is 0 Å². The smallest absolute Gasteiger partial charge is 0.237 e. The van der Waals surface area contributed by atoms with Crippen LogP contribution in [0, 0.1) is 0 Å². The third-order valence-corrected chi connectivity index (χ3v) is 2.80. The fourth-order valence-electron chi connectivity index (χ4n) is 1.64. The number of carbonyl (C=O) groups excluding carboxylic acids is 1. The van der Waals surface area contributed by atoms with E-state index in [0.29, 0.717) is 0 Å². The monoisotopic (exact) mass is 211 g/mol. The Balaban J connectivity index is 2.40. The van der Waals surface area contributed by atoms with Crippen LogP contribution in [0.1, 0.15) is 13.8 Å². The first-order valence-electron chi connectivity index (χ1n) is 5.53. The van der Waals surface area contributed by atoms with Crippen LogP contribution in [0.25, 0.3) is 0 Å². The zero-order valence-electron chi connectivity index (χ0n) is 9.62. The molecule has 0 aromatic heterocycles. The second-order valence-electron chi connectivity index (χ2n) is 3.99. The average molecular weight is 211 g/mol. The molecule has 1 amide bonds. The molecular weight excluding hydrogens is 190 g/mol. The van der Waals surface area contributed by atoms with Crippen LogP contribution in [0.15, 0.2) is 12.7 Å². The molecule has 0 saturated carbocycles. The second kappa shape index (κ2) is 5.88. The number of amides is 1. The number of nitrogens with one attached hydrogen (secondary N) is 2. The minimum absolute atomic E-state index is 0.0443. The highest BCUT2D eigenvalue weighted by Gasteiger charge is 2.22. The summed E-state index contributed by atoms with van der Waals surface area (Å²) in [5, 5.41) is 6.18. The van der Waals surface area contributed by atoms with Crippen molar-refractivity contribution in [2.45, 2.75) is 25.9 Å². The molecule has 2 atom stereocenters. The zero-order valence-corrected chi connectivity index (χ0v) is 9.62. The van der Waals surface area contributed by atoms with Crippen LogP contribution in [0.2, 0.25) is 0 Å². The van der Waals surface area contributed by atoms with E-state index in [-0.39, 0.29) is 18.0 Å². The van der Waals surface area contributed by atoms with E-state index in [0.717, 1.165) is 26.2 Å². The van der Waals surface area contributed by atoms with Gasteiger partial charge in [0.05, 0.1) is 6.04 Å². The van der Waals surface area contributed by atoms with Crippen molar-refractivity contribution in [2.75, 3.05) is 26.2 Å². The van der Waals surface area contributed by atoms with Crippen LogP contribution in [-0.2, 0) is 4.79 Å². The summed E-state index contributed by atoms with van der Waals surface area (Å²) >= 11 is 0.